The zero-order chi connectivity index (χ0) is 15.2. The van der Waals surface area contributed by atoms with E-state index in [-0.39, 0.29) is 11.9 Å². The van der Waals surface area contributed by atoms with Crippen molar-refractivity contribution >= 4 is 21.8 Å². The van der Waals surface area contributed by atoms with Gasteiger partial charge in [0, 0.05) is 19.1 Å². The highest BCUT2D eigenvalue weighted by atomic mass is 79.9. The third-order valence-corrected chi connectivity index (χ3v) is 4.62. The van der Waals surface area contributed by atoms with Crippen molar-refractivity contribution in [1.29, 1.82) is 0 Å². The van der Waals surface area contributed by atoms with E-state index < -0.39 is 0 Å². The number of halogens is 1. The monoisotopic (exact) mass is 354 g/mol. The molecule has 0 aromatic heterocycles. The maximum Gasteiger partial charge on any atom is 0.226 e. The van der Waals surface area contributed by atoms with Crippen LogP contribution < -0.4 is 10.5 Å². The lowest BCUT2D eigenvalue weighted by Gasteiger charge is -2.34. The first-order valence-electron chi connectivity index (χ1n) is 7.48. The van der Waals surface area contributed by atoms with E-state index in [9.17, 15) is 4.79 Å². The molecule has 1 amide bonds. The quantitative estimate of drug-likeness (QED) is 0.884. The minimum atomic E-state index is 0.150. The van der Waals surface area contributed by atoms with Gasteiger partial charge in [-0.1, -0.05) is 12.1 Å². The highest BCUT2D eigenvalue weighted by molar-refractivity contribution is 9.10. The molecule has 21 heavy (non-hydrogen) atoms. The van der Waals surface area contributed by atoms with Crippen LogP contribution in [0.5, 0.6) is 5.75 Å². The standard InChI is InChI=1S/C16H23BrN2O2/c1-12(18)13-5-4-9-19(11-13)16(20)8-10-21-15-7-3-2-6-14(15)17/h2-3,6-7,12-13H,4-5,8-11,18H2,1H3. The largest absolute Gasteiger partial charge is 0.492 e. The van der Waals surface area contributed by atoms with Crippen molar-refractivity contribution in [3.8, 4) is 5.75 Å². The Kier molecular flexibility index (Phi) is 6.06. The number of nitrogens with two attached hydrogens (primary N) is 1. The van der Waals surface area contributed by atoms with Crippen LogP contribution in [0.15, 0.2) is 28.7 Å². The van der Waals surface area contributed by atoms with Gasteiger partial charge in [0.05, 0.1) is 17.5 Å². The molecule has 0 bridgehead atoms. The molecule has 1 aromatic rings. The molecule has 4 nitrogen and oxygen atoms in total. The Morgan fingerprint density at radius 1 is 1.52 bits per heavy atom. The van der Waals surface area contributed by atoms with E-state index in [1.54, 1.807) is 0 Å². The third kappa shape index (κ3) is 4.71. The van der Waals surface area contributed by atoms with Gasteiger partial charge in [-0.3, -0.25) is 4.79 Å². The van der Waals surface area contributed by atoms with E-state index in [1.165, 1.54) is 0 Å². The first-order valence-corrected chi connectivity index (χ1v) is 8.28. The van der Waals surface area contributed by atoms with Crippen LogP contribution in [-0.4, -0.2) is 36.5 Å². The van der Waals surface area contributed by atoms with Gasteiger partial charge < -0.3 is 15.4 Å². The fraction of sp³-hybridized carbons (Fsp3) is 0.562. The summed E-state index contributed by atoms with van der Waals surface area (Å²) in [4.78, 5) is 14.2. The van der Waals surface area contributed by atoms with Crippen LogP contribution >= 0.6 is 15.9 Å². The summed E-state index contributed by atoms with van der Waals surface area (Å²) in [6.45, 7) is 4.05. The number of hydrogen-bond donors (Lipinski definition) is 1. The number of piperidine rings is 1. The number of nitrogens with zero attached hydrogens (tertiary/aromatic N) is 1. The molecule has 0 aliphatic carbocycles. The Morgan fingerprint density at radius 2 is 2.29 bits per heavy atom. The molecule has 1 aliphatic rings. The minimum absolute atomic E-state index is 0.150. The van der Waals surface area contributed by atoms with Gasteiger partial charge in [0.1, 0.15) is 5.75 Å². The van der Waals surface area contributed by atoms with Crippen LogP contribution in [0.4, 0.5) is 0 Å². The summed E-state index contributed by atoms with van der Waals surface area (Å²) in [6, 6.07) is 7.82. The summed E-state index contributed by atoms with van der Waals surface area (Å²) >= 11 is 3.43. The first-order chi connectivity index (χ1) is 10.1. The van der Waals surface area contributed by atoms with Gasteiger partial charge >= 0.3 is 0 Å². The second-order valence-electron chi connectivity index (χ2n) is 5.63. The molecular weight excluding hydrogens is 332 g/mol. The molecule has 116 valence electrons. The molecule has 1 heterocycles. The van der Waals surface area contributed by atoms with E-state index >= 15 is 0 Å². The number of carbonyl (C=O) groups is 1. The van der Waals surface area contributed by atoms with Gasteiger partial charge in [-0.2, -0.15) is 0 Å². The highest BCUT2D eigenvalue weighted by Crippen LogP contribution is 2.24. The van der Waals surface area contributed by atoms with E-state index in [2.05, 4.69) is 15.9 Å². The highest BCUT2D eigenvalue weighted by Gasteiger charge is 2.25. The molecule has 1 aliphatic heterocycles. The Labute approximate surface area is 134 Å². The van der Waals surface area contributed by atoms with Crippen LogP contribution in [0, 0.1) is 5.92 Å². The van der Waals surface area contributed by atoms with E-state index in [0.29, 0.717) is 18.9 Å². The molecule has 1 saturated heterocycles. The molecule has 2 rings (SSSR count). The number of likely N-dealkylation sites (tertiary alicyclic amines) is 1. The average molecular weight is 355 g/mol. The lowest BCUT2D eigenvalue weighted by molar-refractivity contribution is -0.133. The summed E-state index contributed by atoms with van der Waals surface area (Å²) in [6.07, 6.45) is 2.57. The number of carbonyl (C=O) groups excluding carboxylic acids is 1. The zero-order valence-electron chi connectivity index (χ0n) is 12.4. The smallest absolute Gasteiger partial charge is 0.226 e. The maximum absolute atomic E-state index is 12.2. The summed E-state index contributed by atoms with van der Waals surface area (Å²) < 4.78 is 6.56. The second-order valence-corrected chi connectivity index (χ2v) is 6.48. The SMILES string of the molecule is CC(N)C1CCCN(C(=O)CCOc2ccccc2Br)C1. The molecule has 2 unspecified atom stereocenters. The average Bonchev–Trinajstić information content (AvgIpc) is 2.49. The van der Waals surface area contributed by atoms with Crippen molar-refractivity contribution in [3.05, 3.63) is 28.7 Å². The number of para-hydroxylation sites is 1. The van der Waals surface area contributed by atoms with Crippen LogP contribution in [0.25, 0.3) is 0 Å². The lowest BCUT2D eigenvalue weighted by Crippen LogP contribution is -2.45. The molecule has 1 fully saturated rings. The molecule has 5 heteroatoms. The fourth-order valence-corrected chi connectivity index (χ4v) is 3.03. The van der Waals surface area contributed by atoms with E-state index in [1.807, 2.05) is 36.1 Å². The predicted octanol–water partition coefficient (Wildman–Crippen LogP) is 2.80. The van der Waals surface area contributed by atoms with Gasteiger partial charge in [-0.25, -0.2) is 0 Å². The topological polar surface area (TPSA) is 55.6 Å². The number of benzene rings is 1. The van der Waals surface area contributed by atoms with Gasteiger partial charge in [0.25, 0.3) is 0 Å². The molecule has 2 N–H and O–H groups in total. The van der Waals surface area contributed by atoms with Gasteiger partial charge in [-0.15, -0.1) is 0 Å². The zero-order valence-corrected chi connectivity index (χ0v) is 14.0. The molecular formula is C16H23BrN2O2. The number of amides is 1. The minimum Gasteiger partial charge on any atom is -0.492 e. The molecule has 0 spiro atoms. The first kappa shape index (κ1) is 16.3. The van der Waals surface area contributed by atoms with Crippen LogP contribution in [-0.2, 0) is 4.79 Å². The molecule has 2 atom stereocenters. The third-order valence-electron chi connectivity index (χ3n) is 3.96. The molecule has 1 aromatic carbocycles. The van der Waals surface area contributed by atoms with Crippen molar-refractivity contribution in [2.45, 2.75) is 32.2 Å². The van der Waals surface area contributed by atoms with Gasteiger partial charge in [-0.05, 0) is 53.7 Å². The second kappa shape index (κ2) is 7.80. The Bertz CT molecular complexity index is 479. The van der Waals surface area contributed by atoms with Crippen molar-refractivity contribution in [2.75, 3.05) is 19.7 Å². The van der Waals surface area contributed by atoms with Crippen molar-refractivity contribution in [3.63, 3.8) is 0 Å². The predicted molar refractivity (Wildman–Crippen MR) is 87.2 cm³/mol. The van der Waals surface area contributed by atoms with Gasteiger partial charge in [0.2, 0.25) is 5.91 Å². The van der Waals surface area contributed by atoms with E-state index in [0.717, 1.165) is 36.2 Å². The summed E-state index contributed by atoms with van der Waals surface area (Å²) in [5, 5.41) is 0. The normalized spacial score (nSPS) is 20.1. The maximum atomic E-state index is 12.2. The molecule has 0 radical (unpaired) electrons. The Balaban J connectivity index is 1.78. The summed E-state index contributed by atoms with van der Waals surface area (Å²) in [5.41, 5.74) is 5.95. The van der Waals surface area contributed by atoms with Crippen molar-refractivity contribution in [2.24, 2.45) is 11.7 Å². The summed E-state index contributed by atoms with van der Waals surface area (Å²) in [5.74, 6) is 1.36. The van der Waals surface area contributed by atoms with Crippen LogP contribution in [0.1, 0.15) is 26.2 Å². The number of rotatable bonds is 5. The lowest BCUT2D eigenvalue weighted by atomic mass is 9.92. The van der Waals surface area contributed by atoms with Gasteiger partial charge in [0.15, 0.2) is 0 Å². The summed E-state index contributed by atoms with van der Waals surface area (Å²) in [7, 11) is 0. The van der Waals surface area contributed by atoms with Crippen LogP contribution in [0.2, 0.25) is 0 Å². The Morgan fingerprint density at radius 3 is 3.00 bits per heavy atom. The Hall–Kier alpha value is -1.07. The van der Waals surface area contributed by atoms with Crippen molar-refractivity contribution < 1.29 is 9.53 Å². The van der Waals surface area contributed by atoms with Crippen molar-refractivity contribution in [1.82, 2.24) is 4.90 Å². The van der Waals surface area contributed by atoms with E-state index in [4.69, 9.17) is 10.5 Å². The number of ether oxygens (including phenoxy) is 1. The number of hydrogen-bond acceptors (Lipinski definition) is 3. The van der Waals surface area contributed by atoms with Crippen LogP contribution in [0.3, 0.4) is 0 Å². The molecule has 0 saturated carbocycles. The fourth-order valence-electron chi connectivity index (χ4n) is 2.63.